The van der Waals surface area contributed by atoms with Gasteiger partial charge in [-0.25, -0.2) is 8.42 Å². The Morgan fingerprint density at radius 2 is 1.73 bits per heavy atom. The molecule has 11 heteroatoms. The topological polar surface area (TPSA) is 116 Å². The van der Waals surface area contributed by atoms with Gasteiger partial charge in [0, 0.05) is 11.3 Å². The van der Waals surface area contributed by atoms with Gasteiger partial charge in [0.1, 0.15) is 12.3 Å². The van der Waals surface area contributed by atoms with Gasteiger partial charge >= 0.3 is 5.97 Å². The second-order valence-electron chi connectivity index (χ2n) is 8.02. The lowest BCUT2D eigenvalue weighted by molar-refractivity contribution is -0.143. The lowest BCUT2D eigenvalue weighted by atomic mass is 10.2. The van der Waals surface area contributed by atoms with Crippen LogP contribution in [0.25, 0.3) is 10.2 Å². The highest BCUT2D eigenvalue weighted by Crippen LogP contribution is 2.23. The summed E-state index contributed by atoms with van der Waals surface area (Å²) in [5.74, 6) is -0.347. The quantitative estimate of drug-likeness (QED) is 0.337. The number of fused-ring (bicyclic) bond motifs is 1. The zero-order valence-electron chi connectivity index (χ0n) is 20.4. The molecule has 0 atom stereocenters. The van der Waals surface area contributed by atoms with Gasteiger partial charge in [0.05, 0.1) is 28.8 Å². The number of esters is 1. The summed E-state index contributed by atoms with van der Waals surface area (Å²) in [5, 5.41) is 0. The molecular weight excluding hydrogens is 514 g/mol. The largest absolute Gasteiger partial charge is 0.497 e. The summed E-state index contributed by atoms with van der Waals surface area (Å²) in [4.78, 5) is 29.9. The molecule has 0 aliphatic heterocycles. The molecule has 1 aromatic heterocycles. The Labute approximate surface area is 218 Å². The minimum Gasteiger partial charge on any atom is -0.497 e. The molecule has 0 radical (unpaired) electrons. The van der Waals surface area contributed by atoms with E-state index in [1.54, 1.807) is 48.9 Å². The predicted molar refractivity (Wildman–Crippen MR) is 141 cm³/mol. The maximum Gasteiger partial charge on any atom is 0.326 e. The highest BCUT2D eigenvalue weighted by atomic mass is 32.2. The molecule has 1 N–H and O–H groups in total. The van der Waals surface area contributed by atoms with Gasteiger partial charge < -0.3 is 14.0 Å². The molecule has 9 nitrogen and oxygen atoms in total. The van der Waals surface area contributed by atoms with Crippen molar-refractivity contribution in [1.29, 1.82) is 0 Å². The molecule has 4 rings (SSSR count). The molecule has 1 heterocycles. The van der Waals surface area contributed by atoms with Gasteiger partial charge in [-0.3, -0.25) is 14.3 Å². The van der Waals surface area contributed by atoms with Crippen molar-refractivity contribution in [1.82, 2.24) is 4.57 Å². The molecule has 4 aromatic rings. The number of thiazole rings is 1. The van der Waals surface area contributed by atoms with Gasteiger partial charge in [0.15, 0.2) is 4.80 Å². The Morgan fingerprint density at radius 3 is 2.38 bits per heavy atom. The summed E-state index contributed by atoms with van der Waals surface area (Å²) >= 11 is 1.24. The van der Waals surface area contributed by atoms with Crippen LogP contribution in [0.5, 0.6) is 5.75 Å². The van der Waals surface area contributed by atoms with Gasteiger partial charge in [0.25, 0.3) is 15.9 Å². The Balaban J connectivity index is 1.62. The number of aromatic nitrogens is 1. The Bertz CT molecular complexity index is 1620. The number of methoxy groups -OCH3 is 1. The van der Waals surface area contributed by atoms with E-state index in [9.17, 15) is 18.0 Å². The molecule has 0 fully saturated rings. The number of ether oxygens (including phenoxy) is 2. The van der Waals surface area contributed by atoms with Gasteiger partial charge in [-0.05, 0) is 68.4 Å². The zero-order chi connectivity index (χ0) is 26.6. The van der Waals surface area contributed by atoms with Crippen LogP contribution in [-0.4, -0.2) is 38.6 Å². The van der Waals surface area contributed by atoms with Crippen molar-refractivity contribution in [2.75, 3.05) is 18.4 Å². The van der Waals surface area contributed by atoms with E-state index < -0.39 is 21.9 Å². The Hall–Kier alpha value is -3.96. The highest BCUT2D eigenvalue weighted by Gasteiger charge is 2.16. The van der Waals surface area contributed by atoms with E-state index in [-0.39, 0.29) is 23.6 Å². The van der Waals surface area contributed by atoms with E-state index in [1.807, 2.05) is 6.92 Å². The van der Waals surface area contributed by atoms with E-state index in [0.717, 1.165) is 10.3 Å². The van der Waals surface area contributed by atoms with Crippen LogP contribution in [-0.2, 0) is 26.1 Å². The van der Waals surface area contributed by atoms with Gasteiger partial charge in [0.2, 0.25) is 0 Å². The van der Waals surface area contributed by atoms with Crippen LogP contribution >= 0.6 is 11.3 Å². The first-order valence-corrected chi connectivity index (χ1v) is 13.6. The fraction of sp³-hybridized carbons (Fsp3) is 0.192. The number of anilines is 1. The summed E-state index contributed by atoms with van der Waals surface area (Å²) in [6.45, 7) is 3.73. The predicted octanol–water partition coefficient (Wildman–Crippen LogP) is 4.12. The third-order valence-corrected chi connectivity index (χ3v) is 7.83. The maximum atomic E-state index is 13.0. The van der Waals surface area contributed by atoms with E-state index in [0.29, 0.717) is 21.8 Å². The summed E-state index contributed by atoms with van der Waals surface area (Å²) in [6.07, 6.45) is 0. The molecule has 0 aliphatic carbocycles. The standard InChI is InChI=1S/C26H25N3O6S2/c1-4-35-24(30)16-29-22-14-11-20(34-3)15-23(22)36-26(29)27-25(31)18-7-9-19(10-8-18)28-37(32,33)21-12-5-17(2)6-13-21/h5-15,28H,4,16H2,1-3H3. The van der Waals surface area contributed by atoms with Crippen molar-refractivity contribution in [2.45, 2.75) is 25.3 Å². The van der Waals surface area contributed by atoms with Crippen molar-refractivity contribution in [3.63, 3.8) is 0 Å². The number of benzene rings is 3. The number of carbonyl (C=O) groups is 2. The van der Waals surface area contributed by atoms with Crippen LogP contribution in [0, 0.1) is 6.92 Å². The second kappa shape index (κ2) is 11.0. The molecule has 0 saturated carbocycles. The lowest BCUT2D eigenvalue weighted by Crippen LogP contribution is -2.23. The number of hydrogen-bond donors (Lipinski definition) is 1. The minimum absolute atomic E-state index is 0.105. The first kappa shape index (κ1) is 26.1. The van der Waals surface area contributed by atoms with Crippen molar-refractivity contribution in [3.8, 4) is 5.75 Å². The highest BCUT2D eigenvalue weighted by molar-refractivity contribution is 7.92. The lowest BCUT2D eigenvalue weighted by Gasteiger charge is -2.08. The van der Waals surface area contributed by atoms with Gasteiger partial charge in [-0.2, -0.15) is 4.99 Å². The molecule has 3 aromatic carbocycles. The van der Waals surface area contributed by atoms with Gasteiger partial charge in [-0.1, -0.05) is 29.0 Å². The molecule has 0 bridgehead atoms. The van der Waals surface area contributed by atoms with Crippen LogP contribution in [0.2, 0.25) is 0 Å². The van der Waals surface area contributed by atoms with Crippen LogP contribution in [0.15, 0.2) is 76.6 Å². The number of rotatable bonds is 8. The third kappa shape index (κ3) is 6.07. The normalized spacial score (nSPS) is 11.9. The number of carbonyl (C=O) groups excluding carboxylic acids is 2. The van der Waals surface area contributed by atoms with Crippen molar-refractivity contribution < 1.29 is 27.5 Å². The number of nitrogens with zero attached hydrogens (tertiary/aromatic N) is 2. The second-order valence-corrected chi connectivity index (χ2v) is 10.7. The van der Waals surface area contributed by atoms with E-state index >= 15 is 0 Å². The average molecular weight is 540 g/mol. The summed E-state index contributed by atoms with van der Waals surface area (Å²) in [5.41, 5.74) is 2.23. The number of sulfonamides is 1. The van der Waals surface area contributed by atoms with Crippen molar-refractivity contribution in [2.24, 2.45) is 4.99 Å². The molecule has 0 spiro atoms. The summed E-state index contributed by atoms with van der Waals surface area (Å²) < 4.78 is 40.5. The van der Waals surface area contributed by atoms with Crippen molar-refractivity contribution >= 4 is 49.1 Å². The fourth-order valence-corrected chi connectivity index (χ4v) is 5.63. The van der Waals surface area contributed by atoms with Crippen LogP contribution in [0.3, 0.4) is 0 Å². The number of aryl methyl sites for hydroxylation is 1. The third-order valence-electron chi connectivity index (χ3n) is 5.39. The van der Waals surface area contributed by atoms with E-state index in [1.165, 1.54) is 47.7 Å². The summed E-state index contributed by atoms with van der Waals surface area (Å²) in [7, 11) is -2.21. The van der Waals surface area contributed by atoms with E-state index in [2.05, 4.69) is 9.71 Å². The smallest absolute Gasteiger partial charge is 0.326 e. The molecule has 1 amide bonds. The molecular formula is C26H25N3O6S2. The molecule has 192 valence electrons. The molecule has 0 aliphatic rings. The first-order chi connectivity index (χ1) is 17.7. The average Bonchev–Trinajstić information content (AvgIpc) is 3.20. The number of nitrogens with one attached hydrogen (secondary N) is 1. The zero-order valence-corrected chi connectivity index (χ0v) is 22.1. The van der Waals surface area contributed by atoms with Crippen LogP contribution < -0.4 is 14.3 Å². The Kier molecular flexibility index (Phi) is 7.74. The van der Waals surface area contributed by atoms with Crippen molar-refractivity contribution in [3.05, 3.63) is 82.7 Å². The van der Waals surface area contributed by atoms with E-state index in [4.69, 9.17) is 9.47 Å². The molecule has 0 unspecified atom stereocenters. The first-order valence-electron chi connectivity index (χ1n) is 11.3. The van der Waals surface area contributed by atoms with Crippen LogP contribution in [0.4, 0.5) is 5.69 Å². The van der Waals surface area contributed by atoms with Crippen LogP contribution in [0.1, 0.15) is 22.8 Å². The SMILES string of the molecule is CCOC(=O)Cn1c(=NC(=O)c2ccc(NS(=O)(=O)c3ccc(C)cc3)cc2)sc2cc(OC)ccc21. The monoisotopic (exact) mass is 539 g/mol. The fourth-order valence-electron chi connectivity index (χ4n) is 3.52. The number of amides is 1. The summed E-state index contributed by atoms with van der Waals surface area (Å²) in [6, 6.07) is 17.8. The minimum atomic E-state index is -3.77. The molecule has 0 saturated heterocycles. The molecule has 37 heavy (non-hydrogen) atoms. The van der Waals surface area contributed by atoms with Gasteiger partial charge in [-0.15, -0.1) is 0 Å². The maximum absolute atomic E-state index is 13.0. The number of hydrogen-bond acceptors (Lipinski definition) is 7. The Morgan fingerprint density at radius 1 is 1.03 bits per heavy atom.